The third kappa shape index (κ3) is 5.87. The van der Waals surface area contributed by atoms with Crippen LogP contribution in [0.25, 0.3) is 0 Å². The molecule has 0 aromatic rings. The molecule has 0 aromatic carbocycles. The van der Waals surface area contributed by atoms with E-state index in [0.717, 1.165) is 10.9 Å². The summed E-state index contributed by atoms with van der Waals surface area (Å²) in [5.41, 5.74) is 1.46. The van der Waals surface area contributed by atoms with Gasteiger partial charge in [-0.1, -0.05) is 87.1 Å². The van der Waals surface area contributed by atoms with Gasteiger partial charge in [-0.2, -0.15) is 0 Å². The Hall–Kier alpha value is -2.06. The topological polar surface area (TPSA) is 20.2 Å². The van der Waals surface area contributed by atoms with Gasteiger partial charge in [0.15, 0.2) is 0 Å². The molecule has 0 amide bonds. The zero-order valence-electron chi connectivity index (χ0n) is 10.6. The molecule has 0 saturated carbocycles. The summed E-state index contributed by atoms with van der Waals surface area (Å²) in [4.78, 5) is 0. The molecule has 0 aliphatic carbocycles. The third-order valence-corrected chi connectivity index (χ3v) is 2.10. The van der Waals surface area contributed by atoms with Crippen LogP contribution >= 0.6 is 0 Å². The van der Waals surface area contributed by atoms with Crippen molar-refractivity contribution in [1.82, 2.24) is 0 Å². The molecule has 2 heteroatoms. The van der Waals surface area contributed by atoms with Crippen molar-refractivity contribution in [3.05, 3.63) is 98.0 Å². The largest absolute Gasteiger partial charge is 0.443 e. The second-order valence-electron chi connectivity index (χ2n) is 3.40. The van der Waals surface area contributed by atoms with Crippen molar-refractivity contribution in [3.8, 4) is 0 Å². The minimum atomic E-state index is -0.742. The van der Waals surface area contributed by atoms with Crippen LogP contribution in [-0.2, 0) is 0 Å². The second kappa shape index (κ2) is 10.1. The Balaban J connectivity index is 5.30. The van der Waals surface area contributed by atoms with Gasteiger partial charge in [0, 0.05) is 0 Å². The molecular weight excluding hydrogens is 219 g/mol. The minimum Gasteiger partial charge on any atom is -0.443 e. The molecular formula is C16H19BO. The number of hydrogen-bond acceptors (Lipinski definition) is 1. The monoisotopic (exact) mass is 238 g/mol. The van der Waals surface area contributed by atoms with E-state index >= 15 is 0 Å². The molecule has 0 aliphatic rings. The Morgan fingerprint density at radius 3 is 1.39 bits per heavy atom. The fraction of sp³-hybridized carbons (Fsp3) is 0. The fourth-order valence-electron chi connectivity index (χ4n) is 1.30. The first-order valence-corrected chi connectivity index (χ1v) is 5.62. The van der Waals surface area contributed by atoms with Crippen LogP contribution in [0.3, 0.4) is 0 Å². The maximum atomic E-state index is 10.3. The molecule has 1 nitrogen and oxygen atoms in total. The molecule has 0 saturated heterocycles. The van der Waals surface area contributed by atoms with Crippen molar-refractivity contribution >= 4 is 6.92 Å². The van der Waals surface area contributed by atoms with Gasteiger partial charge in [0.1, 0.15) is 0 Å². The summed E-state index contributed by atoms with van der Waals surface area (Å²) < 4.78 is 0. The maximum Gasteiger partial charge on any atom is 0.358 e. The van der Waals surface area contributed by atoms with E-state index in [9.17, 15) is 5.02 Å². The van der Waals surface area contributed by atoms with Crippen LogP contribution in [0.4, 0.5) is 0 Å². The smallest absolute Gasteiger partial charge is 0.358 e. The van der Waals surface area contributed by atoms with Gasteiger partial charge < -0.3 is 5.02 Å². The Morgan fingerprint density at radius 2 is 1.11 bits per heavy atom. The molecule has 0 radical (unpaired) electrons. The highest BCUT2D eigenvalue weighted by atomic mass is 16.2. The predicted octanol–water partition coefficient (Wildman–Crippen LogP) is 3.76. The van der Waals surface area contributed by atoms with E-state index in [4.69, 9.17) is 0 Å². The lowest BCUT2D eigenvalue weighted by molar-refractivity contribution is 0.592. The molecule has 0 bridgehead atoms. The van der Waals surface area contributed by atoms with E-state index in [-0.39, 0.29) is 0 Å². The van der Waals surface area contributed by atoms with E-state index in [2.05, 4.69) is 26.3 Å². The lowest BCUT2D eigenvalue weighted by atomic mass is 9.54. The van der Waals surface area contributed by atoms with Crippen molar-refractivity contribution < 1.29 is 5.02 Å². The van der Waals surface area contributed by atoms with Gasteiger partial charge in [0.05, 0.1) is 0 Å². The van der Waals surface area contributed by atoms with E-state index < -0.39 is 6.92 Å². The van der Waals surface area contributed by atoms with E-state index in [0.29, 0.717) is 0 Å². The fourth-order valence-corrected chi connectivity index (χ4v) is 1.30. The lowest BCUT2D eigenvalue weighted by Crippen LogP contribution is -2.18. The first-order valence-electron chi connectivity index (χ1n) is 5.62. The Morgan fingerprint density at radius 1 is 0.722 bits per heavy atom. The molecule has 1 N–H and O–H groups in total. The first-order chi connectivity index (χ1) is 8.71. The zero-order valence-corrected chi connectivity index (χ0v) is 10.6. The number of allylic oxidation sites excluding steroid dienone is 12. The molecule has 92 valence electrons. The van der Waals surface area contributed by atoms with Gasteiger partial charge in [-0.3, -0.25) is 0 Å². The van der Waals surface area contributed by atoms with E-state index in [1.54, 1.807) is 60.8 Å². The molecule has 18 heavy (non-hydrogen) atoms. The summed E-state index contributed by atoms with van der Waals surface area (Å²) in [6.45, 7) is 13.7. The van der Waals surface area contributed by atoms with Gasteiger partial charge >= 0.3 is 6.92 Å². The highest BCUT2D eigenvalue weighted by molar-refractivity contribution is 6.68. The van der Waals surface area contributed by atoms with Gasteiger partial charge in [-0.15, -0.1) is 0 Å². The normalized spacial score (nSPS) is 12.7. The molecule has 0 fully saturated rings. The van der Waals surface area contributed by atoms with Crippen molar-refractivity contribution in [2.75, 3.05) is 0 Å². The summed E-state index contributed by atoms with van der Waals surface area (Å²) in [6.07, 6.45) is 17.2. The number of rotatable bonds is 8. The van der Waals surface area contributed by atoms with E-state index in [1.165, 1.54) is 0 Å². The second-order valence-corrected chi connectivity index (χ2v) is 3.40. The lowest BCUT2D eigenvalue weighted by Gasteiger charge is -2.08. The van der Waals surface area contributed by atoms with Crippen LogP contribution < -0.4 is 0 Å². The molecule has 0 aliphatic heterocycles. The highest BCUT2D eigenvalue weighted by Gasteiger charge is 2.17. The summed E-state index contributed by atoms with van der Waals surface area (Å²) in [6, 6.07) is 0. The zero-order chi connectivity index (χ0) is 13.8. The predicted molar refractivity (Wildman–Crippen MR) is 83.2 cm³/mol. The van der Waals surface area contributed by atoms with Gasteiger partial charge in [0.25, 0.3) is 0 Å². The van der Waals surface area contributed by atoms with Crippen LogP contribution in [0, 0.1) is 0 Å². The van der Waals surface area contributed by atoms with Crippen LogP contribution in [0.1, 0.15) is 0 Å². The molecule has 0 rings (SSSR count). The van der Waals surface area contributed by atoms with Crippen LogP contribution in [0.2, 0.25) is 0 Å². The molecule has 0 aromatic heterocycles. The molecule has 0 atom stereocenters. The molecule has 0 unspecified atom stereocenters. The van der Waals surface area contributed by atoms with Crippen molar-refractivity contribution in [2.45, 2.75) is 0 Å². The summed E-state index contributed by atoms with van der Waals surface area (Å²) in [7, 11) is 0. The van der Waals surface area contributed by atoms with Gasteiger partial charge in [-0.05, 0) is 10.9 Å². The van der Waals surface area contributed by atoms with Crippen molar-refractivity contribution in [3.63, 3.8) is 0 Å². The molecule has 0 heterocycles. The minimum absolute atomic E-state index is 0.728. The Labute approximate surface area is 110 Å². The SMILES string of the molecule is C=C/C=C\C(=C/C=C)B(O)C(/C=C\C=C)=C/C=C. The first kappa shape index (κ1) is 15.9. The quantitative estimate of drug-likeness (QED) is 0.504. The average Bonchev–Trinajstić information content (AvgIpc) is 2.38. The van der Waals surface area contributed by atoms with Crippen LogP contribution in [0.5, 0.6) is 0 Å². The summed E-state index contributed by atoms with van der Waals surface area (Å²) in [5, 5.41) is 10.3. The number of hydrogen-bond donors (Lipinski definition) is 1. The van der Waals surface area contributed by atoms with Crippen molar-refractivity contribution in [2.24, 2.45) is 0 Å². The Bertz CT molecular complexity index is 382. The standard InChI is InChI=1S/C16H19BO/c1-5-9-13-15(11-7-3)17(18)16(12-8-4)14-10-6-2/h5-14,18H,1-4H2/b13-9-,14-10-,15-11+,16-12+. The average molecular weight is 238 g/mol. The van der Waals surface area contributed by atoms with Gasteiger partial charge in [0.2, 0.25) is 0 Å². The third-order valence-electron chi connectivity index (χ3n) is 2.10. The van der Waals surface area contributed by atoms with Gasteiger partial charge in [-0.25, -0.2) is 0 Å². The van der Waals surface area contributed by atoms with Crippen molar-refractivity contribution in [1.29, 1.82) is 0 Å². The molecule has 0 spiro atoms. The van der Waals surface area contributed by atoms with E-state index in [1.807, 2.05) is 0 Å². The summed E-state index contributed by atoms with van der Waals surface area (Å²) in [5.74, 6) is 0. The highest BCUT2D eigenvalue weighted by Crippen LogP contribution is 2.12. The maximum absolute atomic E-state index is 10.3. The van der Waals surface area contributed by atoms with Crippen LogP contribution in [-0.4, -0.2) is 11.9 Å². The Kier molecular flexibility index (Phi) is 8.97. The summed E-state index contributed by atoms with van der Waals surface area (Å²) >= 11 is 0. The van der Waals surface area contributed by atoms with Crippen LogP contribution in [0.15, 0.2) is 98.0 Å².